The molecule has 0 radical (unpaired) electrons. The van der Waals surface area contributed by atoms with E-state index in [-0.39, 0.29) is 11.5 Å². The summed E-state index contributed by atoms with van der Waals surface area (Å²) in [5.74, 6) is -2.00. The Morgan fingerprint density at radius 2 is 1.25 bits per heavy atom. The van der Waals surface area contributed by atoms with Gasteiger partial charge in [-0.1, -0.05) is 91.0 Å². The average Bonchev–Trinajstić information content (AvgIpc) is 2.91. The van der Waals surface area contributed by atoms with Gasteiger partial charge in [0.25, 0.3) is 0 Å². The molecule has 1 atom stereocenters. The maximum absolute atomic E-state index is 12.4. The molecule has 0 bridgehead atoms. The summed E-state index contributed by atoms with van der Waals surface area (Å²) in [5.41, 5.74) is 4.42. The molecule has 4 rings (SSSR count). The fourth-order valence-electron chi connectivity index (χ4n) is 3.14. The monoisotopic (exact) mass is 616 g/mol. The van der Waals surface area contributed by atoms with Crippen LogP contribution in [0.15, 0.2) is 97.2 Å². The second-order valence-corrected chi connectivity index (χ2v) is 9.47. The Bertz CT molecular complexity index is 1150. The third-order valence-corrected chi connectivity index (χ3v) is 7.31. The van der Waals surface area contributed by atoms with E-state index in [1.54, 1.807) is 6.07 Å². The van der Waals surface area contributed by atoms with E-state index in [1.165, 1.54) is 15.9 Å². The minimum Gasteiger partial charge on any atom is -0.0622 e. The molecule has 0 aliphatic carbocycles. The first kappa shape index (κ1) is 29.4. The zero-order valence-electron chi connectivity index (χ0n) is 19.0. The molecule has 0 saturated carbocycles. The van der Waals surface area contributed by atoms with Crippen LogP contribution in [0, 0.1) is 11.3 Å². The van der Waals surface area contributed by atoms with Crippen molar-refractivity contribution in [1.82, 2.24) is 9.97 Å². The summed E-state index contributed by atoms with van der Waals surface area (Å²) in [6.45, 7) is 0.907. The largest absolute Gasteiger partial charge is 0.0622 e. The number of nitrogens with zero attached hydrogens (tertiary/aromatic N) is 3. The number of hydrogen-bond acceptors (Lipinski definition) is 4. The minimum atomic E-state index is -4.46. The number of alkyl halides is 3. The van der Waals surface area contributed by atoms with Gasteiger partial charge in [0.05, 0.1) is 17.8 Å². The summed E-state index contributed by atoms with van der Waals surface area (Å²) in [6.07, 6.45) is -3.42. The smallest absolute Gasteiger partial charge is 0.0134 e. The van der Waals surface area contributed by atoms with Crippen molar-refractivity contribution in [2.75, 3.05) is 5.73 Å². The van der Waals surface area contributed by atoms with E-state index in [0.717, 1.165) is 13.1 Å². The van der Waals surface area contributed by atoms with Crippen molar-refractivity contribution in [2.24, 2.45) is 0 Å². The first-order chi connectivity index (χ1) is 17.3. The Balaban J connectivity index is 0.000000244. The van der Waals surface area contributed by atoms with Crippen molar-refractivity contribution in [3.63, 3.8) is 0 Å². The average molecular weight is 617 g/mol. The number of nitriles is 1. The molecule has 36 heavy (non-hydrogen) atoms. The molecule has 4 nitrogen and oxygen atoms in total. The predicted molar refractivity (Wildman–Crippen MR) is 137 cm³/mol. The summed E-state index contributed by atoms with van der Waals surface area (Å²) in [4.78, 5) is 6.97. The van der Waals surface area contributed by atoms with Crippen LogP contribution in [0.4, 0.5) is 19.0 Å². The van der Waals surface area contributed by atoms with Crippen LogP contribution in [0.2, 0.25) is 0 Å². The van der Waals surface area contributed by atoms with Crippen molar-refractivity contribution >= 4 is 39.3 Å². The molecule has 0 amide bonds. The number of nitrogen functional groups attached to an aromatic ring is 1. The van der Waals surface area contributed by atoms with Crippen molar-refractivity contribution in [1.29, 1.82) is 5.26 Å². The number of aromatic nitrogens is 2. The maximum Gasteiger partial charge on any atom is -0.0134 e. The molecule has 188 valence electrons. The molecule has 0 aliphatic heterocycles. The quantitative estimate of drug-likeness (QED) is 0.235. The van der Waals surface area contributed by atoms with Crippen LogP contribution >= 0.6 is 17.6 Å². The summed E-state index contributed by atoms with van der Waals surface area (Å²) in [5, 5.41) is 12.8. The van der Waals surface area contributed by atoms with E-state index in [1.807, 2.05) is 17.3 Å². The topological polar surface area (TPSA) is 75.6 Å². The van der Waals surface area contributed by atoms with Crippen molar-refractivity contribution < 1.29 is 30.5 Å². The SMILES string of the molecule is CC(c1nc(N)cnc1C#N)C(F)(F)F.[Cl][Rh].c1ccc(P(c2ccccc2)c2ccccc2)cc1. The van der Waals surface area contributed by atoms with Crippen LogP contribution in [0.1, 0.15) is 24.2 Å². The van der Waals surface area contributed by atoms with E-state index >= 15 is 0 Å². The molecule has 1 aromatic heterocycles. The van der Waals surface area contributed by atoms with Gasteiger partial charge in [-0.2, -0.15) is 18.4 Å². The van der Waals surface area contributed by atoms with Gasteiger partial charge in [0.2, 0.25) is 0 Å². The standard InChI is InChI=1S/C18H15P.C8H7F3N4.ClH.Rh/c1-4-10-16(11-5-1)19(17-12-6-2-7-13-17)18-14-8-3-9-15-18;1-4(8(9,10)11)7-5(2-12)14-3-6(13)15-7;;/h1-15H;3-4H,1H3,(H2,13,15);1H;/q;;;+1/p-1. The van der Waals surface area contributed by atoms with Gasteiger partial charge < -0.3 is 5.73 Å². The molecule has 1 heterocycles. The van der Waals surface area contributed by atoms with Crippen molar-refractivity contribution in [3.05, 3.63) is 109 Å². The first-order valence-electron chi connectivity index (χ1n) is 10.5. The number of nitrogens with two attached hydrogens (primary N) is 1. The van der Waals surface area contributed by atoms with Crippen LogP contribution in [0.3, 0.4) is 0 Å². The number of anilines is 1. The number of rotatable bonds is 4. The Labute approximate surface area is 223 Å². The molecule has 4 aromatic rings. The normalized spacial score (nSPS) is 11.3. The molecular formula is C26H22ClF3N4PRh. The second kappa shape index (κ2) is 14.7. The van der Waals surface area contributed by atoms with Crippen LogP contribution < -0.4 is 21.6 Å². The molecule has 0 aliphatic rings. The van der Waals surface area contributed by atoms with Crippen LogP contribution in [0.25, 0.3) is 0 Å². The molecule has 2 N–H and O–H groups in total. The van der Waals surface area contributed by atoms with Gasteiger partial charge in [0, 0.05) is 0 Å². The van der Waals surface area contributed by atoms with Crippen molar-refractivity contribution in [2.45, 2.75) is 19.0 Å². The second-order valence-electron chi connectivity index (χ2n) is 7.25. The van der Waals surface area contributed by atoms with Crippen LogP contribution in [0.5, 0.6) is 0 Å². The van der Waals surface area contributed by atoms with Crippen LogP contribution in [-0.2, 0) is 17.3 Å². The van der Waals surface area contributed by atoms with E-state index in [4.69, 9.17) is 11.0 Å². The molecule has 0 saturated heterocycles. The van der Waals surface area contributed by atoms with E-state index < -0.39 is 25.7 Å². The van der Waals surface area contributed by atoms with E-state index in [0.29, 0.717) is 0 Å². The fraction of sp³-hybridized carbons (Fsp3) is 0.115. The fourth-order valence-corrected chi connectivity index (χ4v) is 5.44. The van der Waals surface area contributed by atoms with Gasteiger partial charge in [-0.25, -0.2) is 9.97 Å². The van der Waals surface area contributed by atoms with Gasteiger partial charge in [-0.15, -0.1) is 0 Å². The molecule has 0 fully saturated rings. The molecule has 10 heteroatoms. The third kappa shape index (κ3) is 8.38. The van der Waals surface area contributed by atoms with E-state index in [2.05, 4.69) is 111 Å². The summed E-state index contributed by atoms with van der Waals surface area (Å²) in [6, 6.07) is 33.9. The van der Waals surface area contributed by atoms with Crippen molar-refractivity contribution in [3.8, 4) is 6.07 Å². The third-order valence-electron chi connectivity index (χ3n) is 4.87. The Hall–Kier alpha value is -2.84. The zero-order chi connectivity index (χ0) is 26.6. The van der Waals surface area contributed by atoms with Gasteiger partial charge in [-0.3, -0.25) is 0 Å². The number of benzene rings is 3. The molecular weight excluding hydrogens is 595 g/mol. The van der Waals surface area contributed by atoms with Gasteiger partial charge in [0.1, 0.15) is 11.9 Å². The zero-order valence-corrected chi connectivity index (χ0v) is 22.3. The predicted octanol–water partition coefficient (Wildman–Crippen LogP) is 5.73. The number of halogens is 4. The minimum absolute atomic E-state index is 0.139. The number of hydrogen-bond donors (Lipinski definition) is 1. The van der Waals surface area contributed by atoms with Gasteiger partial charge >= 0.3 is 33.2 Å². The maximum atomic E-state index is 12.4. The summed E-state index contributed by atoms with van der Waals surface area (Å²) < 4.78 is 37.1. The molecule has 1 unspecified atom stereocenters. The Kier molecular flexibility index (Phi) is 12.0. The van der Waals surface area contributed by atoms with Crippen LogP contribution in [-0.4, -0.2) is 16.1 Å². The Morgan fingerprint density at radius 1 is 0.861 bits per heavy atom. The molecule has 0 spiro atoms. The summed E-state index contributed by atoms with van der Waals surface area (Å²) >= 11 is 2.02. The van der Waals surface area contributed by atoms with Gasteiger partial charge in [0.15, 0.2) is 5.69 Å². The van der Waals surface area contributed by atoms with Gasteiger partial charge in [-0.05, 0) is 30.8 Å². The van der Waals surface area contributed by atoms with E-state index in [9.17, 15) is 13.2 Å². The Morgan fingerprint density at radius 3 is 1.58 bits per heavy atom. The first-order valence-corrected chi connectivity index (χ1v) is 13.9. The summed E-state index contributed by atoms with van der Waals surface area (Å²) in [7, 11) is 4.08. The molecule has 3 aromatic carbocycles.